The number of hydrogen-bond donors (Lipinski definition) is 1. The van der Waals surface area contributed by atoms with Gasteiger partial charge in [-0.05, 0) is 55.3 Å². The highest BCUT2D eigenvalue weighted by Gasteiger charge is 2.55. The largest absolute Gasteiger partial charge is 0.481 e. The average Bonchev–Trinajstić information content (AvgIpc) is 1.97. The zero-order valence-corrected chi connectivity index (χ0v) is 8.70. The molecule has 4 bridgehead atoms. The molecule has 4 aliphatic carbocycles. The van der Waals surface area contributed by atoms with Crippen LogP contribution in [0.4, 0.5) is 0 Å². The fourth-order valence-corrected chi connectivity index (χ4v) is 4.83. The molecule has 2 atom stereocenters. The maximum absolute atomic E-state index is 11.2. The number of aliphatic carboxylic acids is 1. The van der Waals surface area contributed by atoms with Gasteiger partial charge in [-0.15, -0.1) is 0 Å². The minimum absolute atomic E-state index is 0.000347. The summed E-state index contributed by atoms with van der Waals surface area (Å²) in [6.45, 7) is 2.37. The highest BCUT2D eigenvalue weighted by atomic mass is 16.4. The molecular formula is C12H18O2. The number of rotatable bonds is 1. The van der Waals surface area contributed by atoms with Crippen molar-refractivity contribution >= 4 is 5.97 Å². The van der Waals surface area contributed by atoms with Gasteiger partial charge >= 0.3 is 5.97 Å². The molecule has 0 radical (unpaired) electrons. The molecular weight excluding hydrogens is 176 g/mol. The fourth-order valence-electron chi connectivity index (χ4n) is 4.83. The maximum atomic E-state index is 11.2. The molecule has 4 saturated carbocycles. The average molecular weight is 194 g/mol. The Labute approximate surface area is 84.7 Å². The molecule has 1 N–H and O–H groups in total. The molecule has 0 spiro atoms. The van der Waals surface area contributed by atoms with Crippen LogP contribution in [0, 0.1) is 29.1 Å². The normalized spacial score (nSPS) is 54.9. The Bertz CT molecular complexity index is 268. The summed E-state index contributed by atoms with van der Waals surface area (Å²) < 4.78 is 0. The second kappa shape index (κ2) is 2.53. The molecule has 2 nitrogen and oxygen atoms in total. The fraction of sp³-hybridized carbons (Fsp3) is 0.917. The number of hydrogen-bond acceptors (Lipinski definition) is 1. The summed E-state index contributed by atoms with van der Waals surface area (Å²) >= 11 is 0. The Kier molecular flexibility index (Phi) is 1.58. The predicted molar refractivity (Wildman–Crippen MR) is 52.8 cm³/mol. The first-order chi connectivity index (χ1) is 6.57. The maximum Gasteiger partial charge on any atom is 0.307 e. The Morgan fingerprint density at radius 1 is 1.21 bits per heavy atom. The van der Waals surface area contributed by atoms with Gasteiger partial charge in [0.05, 0.1) is 5.92 Å². The first-order valence-corrected chi connectivity index (χ1v) is 5.80. The molecule has 14 heavy (non-hydrogen) atoms. The van der Waals surface area contributed by atoms with Gasteiger partial charge in [0, 0.05) is 0 Å². The van der Waals surface area contributed by atoms with Crippen LogP contribution < -0.4 is 0 Å². The van der Waals surface area contributed by atoms with Crippen molar-refractivity contribution in [1.29, 1.82) is 0 Å². The molecule has 4 aliphatic rings. The Morgan fingerprint density at radius 3 is 2.21 bits per heavy atom. The van der Waals surface area contributed by atoms with Crippen LogP contribution in [0.25, 0.3) is 0 Å². The van der Waals surface area contributed by atoms with Crippen LogP contribution in [0.2, 0.25) is 0 Å². The molecule has 0 aliphatic heterocycles. The van der Waals surface area contributed by atoms with E-state index in [4.69, 9.17) is 0 Å². The number of carboxylic acid groups (broad SMARTS) is 1. The summed E-state index contributed by atoms with van der Waals surface area (Å²) in [7, 11) is 0. The molecule has 0 aromatic rings. The Hall–Kier alpha value is -0.530. The molecule has 0 aromatic heterocycles. The lowest BCUT2D eigenvalue weighted by Crippen LogP contribution is -2.52. The molecule has 0 saturated heterocycles. The smallest absolute Gasteiger partial charge is 0.307 e. The van der Waals surface area contributed by atoms with Crippen molar-refractivity contribution in [2.45, 2.75) is 39.0 Å². The lowest BCUT2D eigenvalue weighted by atomic mass is 9.47. The summed E-state index contributed by atoms with van der Waals surface area (Å²) in [5.74, 6) is 1.34. The molecule has 2 heteroatoms. The third-order valence-electron chi connectivity index (χ3n) is 4.86. The van der Waals surface area contributed by atoms with E-state index in [-0.39, 0.29) is 5.92 Å². The quantitative estimate of drug-likeness (QED) is 0.696. The minimum atomic E-state index is -0.526. The highest BCUT2D eigenvalue weighted by molar-refractivity contribution is 5.71. The van der Waals surface area contributed by atoms with Crippen LogP contribution in [-0.2, 0) is 4.79 Å². The van der Waals surface area contributed by atoms with E-state index in [0.717, 1.165) is 5.92 Å². The van der Waals surface area contributed by atoms with E-state index in [1.54, 1.807) is 0 Å². The van der Waals surface area contributed by atoms with Gasteiger partial charge in [-0.25, -0.2) is 0 Å². The van der Waals surface area contributed by atoms with Gasteiger partial charge in [0.1, 0.15) is 0 Å². The van der Waals surface area contributed by atoms with Crippen molar-refractivity contribution in [2.24, 2.45) is 29.1 Å². The minimum Gasteiger partial charge on any atom is -0.481 e. The van der Waals surface area contributed by atoms with Gasteiger partial charge in [-0.3, -0.25) is 4.79 Å². The van der Waals surface area contributed by atoms with Crippen LogP contribution in [0.1, 0.15) is 39.0 Å². The van der Waals surface area contributed by atoms with Gasteiger partial charge in [-0.1, -0.05) is 6.92 Å². The summed E-state index contributed by atoms with van der Waals surface area (Å²) in [6.07, 6.45) is 6.12. The van der Waals surface area contributed by atoms with Gasteiger partial charge < -0.3 is 5.11 Å². The van der Waals surface area contributed by atoms with Crippen LogP contribution in [0.15, 0.2) is 0 Å². The second-order valence-electron chi connectivity index (χ2n) is 6.14. The topological polar surface area (TPSA) is 37.3 Å². The zero-order valence-electron chi connectivity index (χ0n) is 8.70. The second-order valence-corrected chi connectivity index (χ2v) is 6.14. The Balaban J connectivity index is 1.93. The van der Waals surface area contributed by atoms with Gasteiger partial charge in [-0.2, -0.15) is 0 Å². The van der Waals surface area contributed by atoms with E-state index in [1.165, 1.54) is 32.1 Å². The lowest BCUT2D eigenvalue weighted by Gasteiger charge is -2.58. The van der Waals surface area contributed by atoms with Crippen LogP contribution in [0.3, 0.4) is 0 Å². The number of carboxylic acids is 1. The monoisotopic (exact) mass is 194 g/mol. The zero-order chi connectivity index (χ0) is 9.92. The number of carbonyl (C=O) groups is 1. The molecule has 0 amide bonds. The first kappa shape index (κ1) is 8.75. The first-order valence-electron chi connectivity index (χ1n) is 5.80. The van der Waals surface area contributed by atoms with Crippen molar-refractivity contribution in [1.82, 2.24) is 0 Å². The Morgan fingerprint density at radius 2 is 1.79 bits per heavy atom. The van der Waals surface area contributed by atoms with E-state index in [1.807, 2.05) is 0 Å². The highest BCUT2D eigenvalue weighted by Crippen LogP contribution is 2.61. The van der Waals surface area contributed by atoms with Crippen molar-refractivity contribution < 1.29 is 9.90 Å². The predicted octanol–water partition coefficient (Wildman–Crippen LogP) is 2.53. The van der Waals surface area contributed by atoms with Gasteiger partial charge in [0.2, 0.25) is 0 Å². The molecule has 0 heterocycles. The third-order valence-corrected chi connectivity index (χ3v) is 4.86. The van der Waals surface area contributed by atoms with E-state index in [9.17, 15) is 9.90 Å². The molecule has 2 unspecified atom stereocenters. The summed E-state index contributed by atoms with van der Waals surface area (Å²) in [6, 6.07) is 0. The van der Waals surface area contributed by atoms with Crippen molar-refractivity contribution in [3.8, 4) is 0 Å². The molecule has 78 valence electrons. The van der Waals surface area contributed by atoms with E-state index in [0.29, 0.717) is 17.3 Å². The van der Waals surface area contributed by atoms with Gasteiger partial charge in [0.25, 0.3) is 0 Å². The van der Waals surface area contributed by atoms with Crippen LogP contribution in [0.5, 0.6) is 0 Å². The third kappa shape index (κ3) is 1.06. The molecule has 4 rings (SSSR count). The standard InChI is InChI=1S/C12H18O2/c1-12-4-7-2-8(5-12)10(11(13)14)9(3-7)6-12/h7-10H,2-6H2,1H3,(H,13,14). The summed E-state index contributed by atoms with van der Waals surface area (Å²) in [5.41, 5.74) is 0.502. The van der Waals surface area contributed by atoms with Crippen molar-refractivity contribution in [3.05, 3.63) is 0 Å². The van der Waals surface area contributed by atoms with E-state index >= 15 is 0 Å². The summed E-state index contributed by atoms with van der Waals surface area (Å²) in [4.78, 5) is 11.2. The molecule has 0 aromatic carbocycles. The SMILES string of the molecule is CC12CC3CC(C1)C(C(=O)O)C(C3)C2. The van der Waals surface area contributed by atoms with E-state index < -0.39 is 5.97 Å². The lowest BCUT2D eigenvalue weighted by molar-refractivity contribution is -0.161. The van der Waals surface area contributed by atoms with Gasteiger partial charge in [0.15, 0.2) is 0 Å². The van der Waals surface area contributed by atoms with Crippen molar-refractivity contribution in [3.63, 3.8) is 0 Å². The molecule has 4 fully saturated rings. The van der Waals surface area contributed by atoms with Crippen molar-refractivity contribution in [2.75, 3.05) is 0 Å². The van der Waals surface area contributed by atoms with E-state index in [2.05, 4.69) is 6.92 Å². The van der Waals surface area contributed by atoms with Crippen LogP contribution >= 0.6 is 0 Å². The summed E-state index contributed by atoms with van der Waals surface area (Å²) in [5, 5.41) is 9.23. The van der Waals surface area contributed by atoms with Crippen LogP contribution in [-0.4, -0.2) is 11.1 Å².